The summed E-state index contributed by atoms with van der Waals surface area (Å²) in [6, 6.07) is 0. The van der Waals surface area contributed by atoms with E-state index in [4.69, 9.17) is 11.8 Å². The van der Waals surface area contributed by atoms with Crippen molar-refractivity contribution in [3.05, 3.63) is 0 Å². The summed E-state index contributed by atoms with van der Waals surface area (Å²) in [7, 11) is 4.11. The van der Waals surface area contributed by atoms with Crippen molar-refractivity contribution in [3.63, 3.8) is 0 Å². The van der Waals surface area contributed by atoms with Crippen LogP contribution in [0.25, 0.3) is 0 Å². The zero-order chi connectivity index (χ0) is 7.82. The van der Waals surface area contributed by atoms with E-state index < -0.39 is 0 Å². The van der Waals surface area contributed by atoms with Crippen LogP contribution in [-0.2, 0) is 0 Å². The fraction of sp³-hybridized carbons (Fsp3) is 1.00. The Kier molecular flexibility index (Phi) is 7.40. The molecule has 62 valence electrons. The highest BCUT2D eigenvalue weighted by Gasteiger charge is 1.88. The lowest BCUT2D eigenvalue weighted by Crippen LogP contribution is -2.30. The lowest BCUT2D eigenvalue weighted by atomic mass is 10.5. The molecule has 0 spiro atoms. The highest BCUT2D eigenvalue weighted by atomic mass is 35.5. The van der Waals surface area contributed by atoms with Gasteiger partial charge in [-0.25, -0.2) is 4.84 Å². The van der Waals surface area contributed by atoms with Gasteiger partial charge >= 0.3 is 0 Å². The third-order valence-electron chi connectivity index (χ3n) is 1.13. The molecule has 0 saturated carbocycles. The minimum atomic E-state index is 0.814. The summed E-state index contributed by atoms with van der Waals surface area (Å²) < 4.78 is 0. The summed E-state index contributed by atoms with van der Waals surface area (Å²) >= 11 is 5.24. The SMILES string of the molecule is CN(C)CCNCCNCl. The first-order chi connectivity index (χ1) is 4.77. The first kappa shape index (κ1) is 10.2. The van der Waals surface area contributed by atoms with E-state index in [2.05, 4.69) is 29.1 Å². The minimum Gasteiger partial charge on any atom is -0.314 e. The van der Waals surface area contributed by atoms with Crippen LogP contribution in [0.4, 0.5) is 0 Å². The van der Waals surface area contributed by atoms with E-state index in [9.17, 15) is 0 Å². The molecule has 0 bridgehead atoms. The summed E-state index contributed by atoms with van der Waals surface area (Å²) in [5.41, 5.74) is 0. The Bertz CT molecular complexity index is 68.0. The van der Waals surface area contributed by atoms with E-state index in [1.807, 2.05) is 0 Å². The predicted octanol–water partition coefficient (Wildman–Crippen LogP) is -0.119. The van der Waals surface area contributed by atoms with Crippen molar-refractivity contribution >= 4 is 11.8 Å². The van der Waals surface area contributed by atoms with Crippen molar-refractivity contribution in [1.82, 2.24) is 15.1 Å². The standard InChI is InChI=1S/C6H16ClN3/c1-10(2)6-5-8-3-4-9-7/h8-9H,3-6H2,1-2H3. The molecule has 0 aromatic heterocycles. The van der Waals surface area contributed by atoms with Crippen LogP contribution in [0, 0.1) is 0 Å². The average Bonchev–Trinajstić information content (AvgIpc) is 1.87. The van der Waals surface area contributed by atoms with Gasteiger partial charge in [0.15, 0.2) is 0 Å². The fourth-order valence-electron chi connectivity index (χ4n) is 0.563. The van der Waals surface area contributed by atoms with E-state index in [1.54, 1.807) is 0 Å². The molecular formula is C6H16ClN3. The van der Waals surface area contributed by atoms with E-state index >= 15 is 0 Å². The third kappa shape index (κ3) is 8.17. The average molecular weight is 166 g/mol. The van der Waals surface area contributed by atoms with Gasteiger partial charge in [-0.2, -0.15) is 0 Å². The number of hydrogen-bond donors (Lipinski definition) is 2. The molecule has 3 nitrogen and oxygen atoms in total. The van der Waals surface area contributed by atoms with Crippen LogP contribution in [0.5, 0.6) is 0 Å². The lowest BCUT2D eigenvalue weighted by molar-refractivity contribution is 0.401. The van der Waals surface area contributed by atoms with Crippen molar-refractivity contribution in [1.29, 1.82) is 0 Å². The summed E-state index contributed by atoms with van der Waals surface area (Å²) in [5.74, 6) is 0. The number of nitrogens with one attached hydrogen (secondary N) is 2. The molecule has 2 N–H and O–H groups in total. The second kappa shape index (κ2) is 7.28. The van der Waals surface area contributed by atoms with Gasteiger partial charge in [-0.1, -0.05) is 0 Å². The molecule has 0 saturated heterocycles. The van der Waals surface area contributed by atoms with Crippen LogP contribution in [-0.4, -0.2) is 45.2 Å². The molecule has 4 heteroatoms. The number of likely N-dealkylation sites (N-methyl/N-ethyl adjacent to an activating group) is 1. The van der Waals surface area contributed by atoms with E-state index in [0.717, 1.165) is 26.2 Å². The third-order valence-corrected chi connectivity index (χ3v) is 1.32. The van der Waals surface area contributed by atoms with Crippen LogP contribution in [0.3, 0.4) is 0 Å². The van der Waals surface area contributed by atoms with Gasteiger partial charge in [-0.3, -0.25) is 0 Å². The fourth-order valence-corrected chi connectivity index (χ4v) is 0.658. The van der Waals surface area contributed by atoms with E-state index in [0.29, 0.717) is 0 Å². The van der Waals surface area contributed by atoms with Crippen LogP contribution >= 0.6 is 11.8 Å². The number of rotatable bonds is 6. The second-order valence-corrected chi connectivity index (χ2v) is 2.70. The molecule has 0 aromatic carbocycles. The largest absolute Gasteiger partial charge is 0.314 e. The Hall–Kier alpha value is 0.170. The minimum absolute atomic E-state index is 0.814. The smallest absolute Gasteiger partial charge is 0.0233 e. The molecule has 0 amide bonds. The van der Waals surface area contributed by atoms with Gasteiger partial charge in [-0.15, -0.1) is 0 Å². The monoisotopic (exact) mass is 165 g/mol. The van der Waals surface area contributed by atoms with Gasteiger partial charge in [0.2, 0.25) is 0 Å². The second-order valence-electron chi connectivity index (χ2n) is 2.44. The van der Waals surface area contributed by atoms with Gasteiger partial charge in [-0.05, 0) is 25.9 Å². The molecule has 0 heterocycles. The number of nitrogens with zero attached hydrogens (tertiary/aromatic N) is 1. The molecule has 0 aliphatic carbocycles. The van der Waals surface area contributed by atoms with Gasteiger partial charge in [0, 0.05) is 26.2 Å². The number of hydrogen-bond acceptors (Lipinski definition) is 3. The zero-order valence-corrected chi connectivity index (χ0v) is 7.41. The normalized spacial score (nSPS) is 10.8. The Labute approximate surface area is 67.8 Å². The quantitative estimate of drug-likeness (QED) is 0.425. The molecule has 0 fully saturated rings. The van der Waals surface area contributed by atoms with E-state index in [1.165, 1.54) is 0 Å². The summed E-state index contributed by atoms with van der Waals surface area (Å²) in [6.07, 6.45) is 0. The summed E-state index contributed by atoms with van der Waals surface area (Å²) in [6.45, 7) is 3.83. The highest BCUT2D eigenvalue weighted by Crippen LogP contribution is 1.69. The molecule has 0 aliphatic heterocycles. The van der Waals surface area contributed by atoms with Gasteiger partial charge in [0.05, 0.1) is 0 Å². The van der Waals surface area contributed by atoms with Gasteiger partial charge < -0.3 is 10.2 Å². The predicted molar refractivity (Wildman–Crippen MR) is 45.3 cm³/mol. The van der Waals surface area contributed by atoms with E-state index in [-0.39, 0.29) is 0 Å². The molecule has 0 unspecified atom stereocenters. The molecule has 0 aromatic rings. The van der Waals surface area contributed by atoms with Crippen molar-refractivity contribution in [2.24, 2.45) is 0 Å². The molecule has 0 atom stereocenters. The van der Waals surface area contributed by atoms with Gasteiger partial charge in [0.25, 0.3) is 0 Å². The van der Waals surface area contributed by atoms with Crippen molar-refractivity contribution < 1.29 is 0 Å². The van der Waals surface area contributed by atoms with Crippen molar-refractivity contribution in [3.8, 4) is 0 Å². The number of halogens is 1. The van der Waals surface area contributed by atoms with Crippen LogP contribution in [0.2, 0.25) is 0 Å². The molecule has 10 heavy (non-hydrogen) atoms. The van der Waals surface area contributed by atoms with Gasteiger partial charge in [0.1, 0.15) is 0 Å². The highest BCUT2D eigenvalue weighted by molar-refractivity contribution is 6.13. The lowest BCUT2D eigenvalue weighted by Gasteiger charge is -2.09. The first-order valence-electron chi connectivity index (χ1n) is 3.46. The Morgan fingerprint density at radius 3 is 2.40 bits per heavy atom. The Morgan fingerprint density at radius 2 is 1.90 bits per heavy atom. The van der Waals surface area contributed by atoms with Crippen LogP contribution in [0.1, 0.15) is 0 Å². The molecule has 0 radical (unpaired) electrons. The van der Waals surface area contributed by atoms with Crippen molar-refractivity contribution in [2.75, 3.05) is 40.3 Å². The maximum atomic E-state index is 5.24. The molecular weight excluding hydrogens is 150 g/mol. The zero-order valence-electron chi connectivity index (χ0n) is 6.65. The molecule has 0 aliphatic rings. The maximum absolute atomic E-state index is 5.24. The van der Waals surface area contributed by atoms with Crippen LogP contribution in [0.15, 0.2) is 0 Å². The Balaban J connectivity index is 2.77. The summed E-state index contributed by atoms with van der Waals surface area (Å²) in [4.78, 5) is 4.69. The molecule has 0 rings (SSSR count). The van der Waals surface area contributed by atoms with Crippen LogP contribution < -0.4 is 10.2 Å². The summed E-state index contributed by atoms with van der Waals surface area (Å²) in [5, 5.41) is 3.23. The first-order valence-corrected chi connectivity index (χ1v) is 3.84. The topological polar surface area (TPSA) is 27.3 Å². The Morgan fingerprint density at radius 1 is 1.20 bits per heavy atom. The van der Waals surface area contributed by atoms with Crippen molar-refractivity contribution in [2.45, 2.75) is 0 Å². The maximum Gasteiger partial charge on any atom is 0.0233 e.